The van der Waals surface area contributed by atoms with E-state index in [1.807, 2.05) is 6.07 Å². The van der Waals surface area contributed by atoms with Gasteiger partial charge in [0.15, 0.2) is 5.69 Å². The molecule has 0 aliphatic heterocycles. The second-order valence-corrected chi connectivity index (χ2v) is 2.41. The van der Waals surface area contributed by atoms with Gasteiger partial charge in [-0.15, -0.1) is 0 Å². The van der Waals surface area contributed by atoms with E-state index < -0.39 is 5.97 Å². The summed E-state index contributed by atoms with van der Waals surface area (Å²) in [7, 11) is 0. The fraction of sp³-hybridized carbons (Fsp3) is 0. The maximum absolute atomic E-state index is 10.6. The van der Waals surface area contributed by atoms with E-state index in [1.54, 1.807) is 12.3 Å². The maximum Gasteiger partial charge on any atom is 0.356 e. The van der Waals surface area contributed by atoms with Gasteiger partial charge in [-0.2, -0.15) is 0 Å². The van der Waals surface area contributed by atoms with Crippen LogP contribution < -0.4 is 0 Å². The highest BCUT2D eigenvalue weighted by molar-refractivity contribution is 5.99. The molecular formula is C8H6N2O2. The zero-order valence-corrected chi connectivity index (χ0v) is 6.11. The normalized spacial score (nSPS) is 10.3. The summed E-state index contributed by atoms with van der Waals surface area (Å²) in [4.78, 5) is 17.2. The molecule has 2 rings (SSSR count). The lowest BCUT2D eigenvalue weighted by Crippen LogP contribution is -2.00. The first kappa shape index (κ1) is 6.84. The van der Waals surface area contributed by atoms with Crippen LogP contribution in [0.25, 0.3) is 10.9 Å². The number of hydrogen-bond donors (Lipinski definition) is 2. The topological polar surface area (TPSA) is 66.0 Å². The summed E-state index contributed by atoms with van der Waals surface area (Å²) in [5.41, 5.74) is 0.641. The highest BCUT2D eigenvalue weighted by Crippen LogP contribution is 2.13. The molecule has 2 heterocycles. The molecule has 4 nitrogen and oxygen atoms in total. The lowest BCUT2D eigenvalue weighted by molar-refractivity contribution is 0.0692. The summed E-state index contributed by atoms with van der Waals surface area (Å²) in [6, 6.07) is 3.57. The average molecular weight is 162 g/mol. The van der Waals surface area contributed by atoms with Crippen molar-refractivity contribution < 1.29 is 9.90 Å². The molecule has 60 valence electrons. The Kier molecular flexibility index (Phi) is 1.33. The molecule has 2 N–H and O–H groups in total. The predicted octanol–water partition coefficient (Wildman–Crippen LogP) is 1.26. The van der Waals surface area contributed by atoms with Gasteiger partial charge in [0, 0.05) is 17.8 Å². The zero-order valence-electron chi connectivity index (χ0n) is 6.11. The molecule has 2 aromatic rings. The third kappa shape index (κ3) is 0.852. The summed E-state index contributed by atoms with van der Waals surface area (Å²) in [5.74, 6) is -1.01. The van der Waals surface area contributed by atoms with Gasteiger partial charge in [0.05, 0.1) is 5.52 Å². The second kappa shape index (κ2) is 2.34. The number of rotatable bonds is 1. The van der Waals surface area contributed by atoms with Crippen LogP contribution in [0.1, 0.15) is 10.5 Å². The van der Waals surface area contributed by atoms with E-state index in [0.29, 0.717) is 5.52 Å². The molecule has 0 aromatic carbocycles. The van der Waals surface area contributed by atoms with E-state index >= 15 is 0 Å². The third-order valence-electron chi connectivity index (χ3n) is 1.68. The Morgan fingerprint density at radius 2 is 2.33 bits per heavy atom. The van der Waals surface area contributed by atoms with Gasteiger partial charge < -0.3 is 10.1 Å². The minimum Gasteiger partial charge on any atom is -0.476 e. The van der Waals surface area contributed by atoms with Crippen LogP contribution in [0.4, 0.5) is 0 Å². The van der Waals surface area contributed by atoms with Crippen LogP contribution in [0.5, 0.6) is 0 Å². The Hall–Kier alpha value is -1.84. The Morgan fingerprint density at radius 1 is 1.50 bits per heavy atom. The number of carbonyl (C=O) groups is 1. The minimum atomic E-state index is -1.01. The number of carboxylic acids is 1. The number of fused-ring (bicyclic) bond motifs is 1. The monoisotopic (exact) mass is 162 g/mol. The van der Waals surface area contributed by atoms with Gasteiger partial charge in [0.25, 0.3) is 0 Å². The van der Waals surface area contributed by atoms with Crippen molar-refractivity contribution in [2.24, 2.45) is 0 Å². The molecule has 0 saturated carbocycles. The molecule has 0 saturated heterocycles. The van der Waals surface area contributed by atoms with E-state index in [0.717, 1.165) is 5.39 Å². The van der Waals surface area contributed by atoms with Crippen LogP contribution in [0, 0.1) is 0 Å². The molecule has 0 bridgehead atoms. The van der Waals surface area contributed by atoms with Gasteiger partial charge in [0.1, 0.15) is 0 Å². The van der Waals surface area contributed by atoms with E-state index in [9.17, 15) is 4.79 Å². The highest BCUT2D eigenvalue weighted by Gasteiger charge is 2.09. The summed E-state index contributed by atoms with van der Waals surface area (Å²) >= 11 is 0. The van der Waals surface area contributed by atoms with Crippen LogP contribution in [0.15, 0.2) is 24.5 Å². The Balaban J connectivity index is 2.82. The lowest BCUT2D eigenvalue weighted by Gasteiger charge is -1.94. The van der Waals surface area contributed by atoms with Crippen molar-refractivity contribution in [1.29, 1.82) is 0 Å². The SMILES string of the molecule is O=C(O)c1nccc2cc[nH]c12. The molecule has 2 aromatic heterocycles. The number of hydrogen-bond acceptors (Lipinski definition) is 2. The van der Waals surface area contributed by atoms with Crippen LogP contribution in [0.3, 0.4) is 0 Å². The molecule has 0 amide bonds. The first-order chi connectivity index (χ1) is 5.79. The Bertz CT molecular complexity index is 433. The molecule has 0 atom stereocenters. The Morgan fingerprint density at radius 3 is 3.08 bits per heavy atom. The van der Waals surface area contributed by atoms with Crippen LogP contribution in [-0.4, -0.2) is 21.0 Å². The number of aromatic carboxylic acids is 1. The van der Waals surface area contributed by atoms with Crippen LogP contribution in [-0.2, 0) is 0 Å². The molecule has 0 unspecified atom stereocenters. The number of nitrogens with zero attached hydrogens (tertiary/aromatic N) is 1. The van der Waals surface area contributed by atoms with Gasteiger partial charge in [-0.05, 0) is 12.1 Å². The summed E-state index contributed by atoms with van der Waals surface area (Å²) < 4.78 is 0. The van der Waals surface area contributed by atoms with E-state index in [-0.39, 0.29) is 5.69 Å². The van der Waals surface area contributed by atoms with E-state index in [2.05, 4.69) is 9.97 Å². The first-order valence-corrected chi connectivity index (χ1v) is 3.44. The average Bonchev–Trinajstić information content (AvgIpc) is 2.49. The van der Waals surface area contributed by atoms with Crippen LogP contribution in [0.2, 0.25) is 0 Å². The molecule has 0 radical (unpaired) electrons. The minimum absolute atomic E-state index is 0.0671. The van der Waals surface area contributed by atoms with Gasteiger partial charge in [0.2, 0.25) is 0 Å². The standard InChI is InChI=1S/C8H6N2O2/c11-8(12)7-6-5(1-3-9-6)2-4-10-7/h1-4,9H,(H,11,12). The van der Waals surface area contributed by atoms with Crippen molar-refractivity contribution in [2.45, 2.75) is 0 Å². The largest absolute Gasteiger partial charge is 0.476 e. The highest BCUT2D eigenvalue weighted by atomic mass is 16.4. The molecule has 12 heavy (non-hydrogen) atoms. The molecular weight excluding hydrogens is 156 g/mol. The fourth-order valence-electron chi connectivity index (χ4n) is 1.14. The lowest BCUT2D eigenvalue weighted by atomic mass is 10.2. The van der Waals surface area contributed by atoms with Gasteiger partial charge >= 0.3 is 5.97 Å². The smallest absolute Gasteiger partial charge is 0.356 e. The maximum atomic E-state index is 10.6. The number of aromatic nitrogens is 2. The second-order valence-electron chi connectivity index (χ2n) is 2.41. The fourth-order valence-corrected chi connectivity index (χ4v) is 1.14. The van der Waals surface area contributed by atoms with E-state index in [4.69, 9.17) is 5.11 Å². The molecule has 0 spiro atoms. The number of pyridine rings is 1. The molecule has 0 fully saturated rings. The quantitative estimate of drug-likeness (QED) is 0.663. The van der Waals surface area contributed by atoms with Crippen LogP contribution >= 0.6 is 0 Å². The summed E-state index contributed by atoms with van der Waals surface area (Å²) in [6.45, 7) is 0. The molecule has 0 aliphatic carbocycles. The van der Waals surface area contributed by atoms with Crippen molar-refractivity contribution in [3.05, 3.63) is 30.2 Å². The van der Waals surface area contributed by atoms with Crippen molar-refractivity contribution in [3.8, 4) is 0 Å². The van der Waals surface area contributed by atoms with Crippen molar-refractivity contribution >= 4 is 16.9 Å². The van der Waals surface area contributed by atoms with Gasteiger partial charge in [-0.3, -0.25) is 0 Å². The van der Waals surface area contributed by atoms with Crippen molar-refractivity contribution in [1.82, 2.24) is 9.97 Å². The van der Waals surface area contributed by atoms with Crippen molar-refractivity contribution in [2.75, 3.05) is 0 Å². The Labute approximate surface area is 67.9 Å². The number of H-pyrrole nitrogens is 1. The van der Waals surface area contributed by atoms with Crippen molar-refractivity contribution in [3.63, 3.8) is 0 Å². The number of aromatic amines is 1. The summed E-state index contributed by atoms with van der Waals surface area (Å²) in [6.07, 6.45) is 3.18. The van der Waals surface area contributed by atoms with Gasteiger partial charge in [-0.1, -0.05) is 0 Å². The van der Waals surface area contributed by atoms with Gasteiger partial charge in [-0.25, -0.2) is 9.78 Å². The molecule has 0 aliphatic rings. The third-order valence-corrected chi connectivity index (χ3v) is 1.68. The number of nitrogens with one attached hydrogen (secondary N) is 1. The summed E-state index contributed by atoms with van der Waals surface area (Å²) in [5, 5.41) is 9.58. The number of carboxylic acid groups (broad SMARTS) is 1. The first-order valence-electron chi connectivity index (χ1n) is 3.44. The zero-order chi connectivity index (χ0) is 8.55. The molecule has 4 heteroatoms. The predicted molar refractivity (Wildman–Crippen MR) is 43.1 cm³/mol. The van der Waals surface area contributed by atoms with E-state index in [1.165, 1.54) is 6.20 Å².